The van der Waals surface area contributed by atoms with Crippen LogP contribution in [0.3, 0.4) is 0 Å². The van der Waals surface area contributed by atoms with Crippen molar-refractivity contribution in [3.63, 3.8) is 0 Å². The molecule has 0 saturated heterocycles. The molecular formula is C71H75BrFN19O9S3. The Bertz CT molecular complexity index is 5300. The number of hydrogen-bond acceptors (Lipinski definition) is 22. The van der Waals surface area contributed by atoms with Crippen LogP contribution in [0.4, 0.5) is 44.6 Å². The summed E-state index contributed by atoms with van der Waals surface area (Å²) in [5.74, 6) is 1.52. The van der Waals surface area contributed by atoms with Crippen LogP contribution in [-0.2, 0) is 30.1 Å². The quantitative estimate of drug-likeness (QED) is 0.0438. The molecule has 540 valence electrons. The van der Waals surface area contributed by atoms with Gasteiger partial charge in [-0.05, 0) is 148 Å². The normalized spacial score (nSPS) is 14.5. The first-order valence-corrected chi connectivity index (χ1v) is 38.7. The fourth-order valence-corrected chi connectivity index (χ4v) is 16.8. The number of nitrogens with zero attached hydrogens (tertiary/aromatic N) is 13. The third kappa shape index (κ3) is 14.8. The van der Waals surface area contributed by atoms with E-state index in [0.717, 1.165) is 110 Å². The Kier molecular flexibility index (Phi) is 20.6. The molecule has 3 fully saturated rings. The second-order valence-electron chi connectivity index (χ2n) is 25.4. The van der Waals surface area contributed by atoms with Gasteiger partial charge in [-0.15, -0.1) is 0 Å². The number of benzene rings is 6. The Morgan fingerprint density at radius 2 is 0.721 bits per heavy atom. The molecule has 12 aromatic rings. The van der Waals surface area contributed by atoms with E-state index in [-0.39, 0.29) is 38.5 Å². The van der Waals surface area contributed by atoms with Gasteiger partial charge < -0.3 is 36.3 Å². The molecular weight excluding hydrogens is 1460 g/mol. The number of halogens is 2. The molecule has 28 nitrogen and oxygen atoms in total. The maximum Gasteiger partial charge on any atom is 0.262 e. The van der Waals surface area contributed by atoms with Gasteiger partial charge in [-0.3, -0.25) is 14.2 Å². The van der Waals surface area contributed by atoms with Crippen molar-refractivity contribution in [2.45, 2.75) is 110 Å². The molecule has 15 rings (SSSR count). The minimum absolute atomic E-state index is 0.0637. The summed E-state index contributed by atoms with van der Waals surface area (Å²) in [5, 5.41) is 16.6. The van der Waals surface area contributed by atoms with E-state index in [4.69, 9.17) is 46.7 Å². The average molecular weight is 1530 g/mol. The molecule has 6 heterocycles. The lowest BCUT2D eigenvalue weighted by Crippen LogP contribution is -2.14. The van der Waals surface area contributed by atoms with E-state index in [0.29, 0.717) is 102 Å². The van der Waals surface area contributed by atoms with Crippen molar-refractivity contribution in [2.75, 3.05) is 71.7 Å². The topological polar surface area (TPSA) is 378 Å². The van der Waals surface area contributed by atoms with Crippen LogP contribution in [0.15, 0.2) is 166 Å². The van der Waals surface area contributed by atoms with Gasteiger partial charge in [0.25, 0.3) is 30.1 Å². The highest BCUT2D eigenvalue weighted by molar-refractivity contribution is 9.10. The SMILES string of the molecule is COc1cc(-c2nn(C3CCCC3)c3ncnc(N)c23)ccc1NS(=O)(=O)c1ccc(Br)cc1.COc1cc(-c2nn(C3CCCC3)c3ncnc(N)c23)ccc1NS(=O)(=O)c1ccc(F)cc1.COc1cc(-c2nn(C3CCCC3)c3ncnc(N)c23)ccc1NS(=O)(=O)c1ccc(N(C)C)cc1. The van der Waals surface area contributed by atoms with Gasteiger partial charge in [0.15, 0.2) is 16.9 Å². The van der Waals surface area contributed by atoms with E-state index in [1.165, 1.54) is 64.6 Å². The fraction of sp³-hybridized carbons (Fsp3) is 0.282. The summed E-state index contributed by atoms with van der Waals surface area (Å²) < 4.78 is 122. The number of rotatable bonds is 19. The number of sulfonamides is 3. The summed E-state index contributed by atoms with van der Waals surface area (Å²) in [5.41, 5.74) is 26.6. The van der Waals surface area contributed by atoms with Crippen LogP contribution in [0, 0.1) is 5.82 Å². The third-order valence-electron chi connectivity index (χ3n) is 18.6. The molecule has 0 bridgehead atoms. The molecule has 0 aliphatic heterocycles. The van der Waals surface area contributed by atoms with E-state index in [2.05, 4.69) is 60.0 Å². The van der Waals surface area contributed by atoms with Crippen LogP contribution in [0.1, 0.15) is 95.2 Å². The lowest BCUT2D eigenvalue weighted by molar-refractivity contribution is 0.417. The molecule has 3 aliphatic rings. The smallest absolute Gasteiger partial charge is 0.262 e. The number of nitrogens with one attached hydrogen (secondary N) is 3. The number of methoxy groups -OCH3 is 3. The number of aromatic nitrogens is 12. The van der Waals surface area contributed by atoms with Gasteiger partial charge in [0.2, 0.25) is 0 Å². The average Bonchev–Trinajstić information content (AvgIpc) is 1.61. The molecule has 6 aromatic heterocycles. The second kappa shape index (κ2) is 29.9. The maximum absolute atomic E-state index is 13.2. The number of nitrogen functional groups attached to an aromatic ring is 3. The van der Waals surface area contributed by atoms with E-state index in [1.807, 2.05) is 33.0 Å². The van der Waals surface area contributed by atoms with Crippen molar-refractivity contribution >= 4 is 119 Å². The van der Waals surface area contributed by atoms with Gasteiger partial charge in [-0.25, -0.2) is 73.6 Å². The molecule has 3 aliphatic carbocycles. The Balaban J connectivity index is 0.000000139. The molecule has 9 N–H and O–H groups in total. The van der Waals surface area contributed by atoms with Gasteiger partial charge in [0.05, 0.1) is 87.4 Å². The van der Waals surface area contributed by atoms with Crippen molar-refractivity contribution in [3.05, 3.63) is 157 Å². The number of fused-ring (bicyclic) bond motifs is 3. The summed E-state index contributed by atoms with van der Waals surface area (Å²) in [4.78, 5) is 28.0. The summed E-state index contributed by atoms with van der Waals surface area (Å²) in [6.07, 6.45) is 17.4. The first kappa shape index (κ1) is 71.6. The minimum atomic E-state index is -3.94. The number of anilines is 7. The Morgan fingerprint density at radius 3 is 1.01 bits per heavy atom. The Morgan fingerprint density at radius 1 is 0.433 bits per heavy atom. The molecule has 0 amide bonds. The monoisotopic (exact) mass is 1530 g/mol. The van der Waals surface area contributed by atoms with Gasteiger partial charge in [0.1, 0.15) is 76.6 Å². The van der Waals surface area contributed by atoms with Gasteiger partial charge in [-0.2, -0.15) is 15.3 Å². The molecule has 6 aromatic carbocycles. The lowest BCUT2D eigenvalue weighted by atomic mass is 10.1. The van der Waals surface area contributed by atoms with Crippen molar-refractivity contribution in [3.8, 4) is 51.0 Å². The first-order valence-electron chi connectivity index (χ1n) is 33.4. The molecule has 0 radical (unpaired) electrons. The minimum Gasteiger partial charge on any atom is -0.495 e. The summed E-state index contributed by atoms with van der Waals surface area (Å²) >= 11 is 3.32. The molecule has 0 atom stereocenters. The third-order valence-corrected chi connectivity index (χ3v) is 23.3. The highest BCUT2D eigenvalue weighted by Crippen LogP contribution is 2.44. The van der Waals surface area contributed by atoms with Crippen LogP contribution in [0.2, 0.25) is 0 Å². The summed E-state index contributed by atoms with van der Waals surface area (Å²) in [6.45, 7) is 0. The molecule has 0 spiro atoms. The Labute approximate surface area is 607 Å². The molecule has 0 unspecified atom stereocenters. The van der Waals surface area contributed by atoms with E-state index >= 15 is 0 Å². The predicted molar refractivity (Wildman–Crippen MR) is 401 cm³/mol. The summed E-state index contributed by atoms with van der Waals surface area (Å²) in [7, 11) is -3.34. The molecule has 33 heteroatoms. The van der Waals surface area contributed by atoms with Crippen molar-refractivity contribution < 1.29 is 43.9 Å². The van der Waals surface area contributed by atoms with Gasteiger partial charge in [-0.1, -0.05) is 72.7 Å². The largest absolute Gasteiger partial charge is 0.495 e. The standard InChI is InChI=1S/C25H29N7O3S.C23H23BrN6O3S.C23H23FN6O3S/c1-31(2)17-9-11-19(12-10-17)36(33,34)30-20-13-8-16(14-21(20)35-3)23-22-24(26)27-15-28-25(22)32(29-23)18-6-4-5-7-18;2*1-33-19-12-14(6-11-18(19)29-34(31,32)17-9-7-15(24)8-10-17)21-20-22(25)26-13-27-23(20)30(28-21)16-4-2-3-5-16/h8-15,18,30H,4-7H2,1-3H3,(H2,26,27,28);2*6-13,16,29H,2-5H2,1H3,(H2,25,26,27). The number of hydrogen-bond donors (Lipinski definition) is 6. The van der Waals surface area contributed by atoms with Gasteiger partial charge >= 0.3 is 0 Å². The number of nitrogens with two attached hydrogens (primary N) is 3. The maximum atomic E-state index is 13.2. The van der Waals surface area contributed by atoms with Crippen molar-refractivity contribution in [1.29, 1.82) is 0 Å². The first-order chi connectivity index (χ1) is 50.0. The molecule has 3 saturated carbocycles. The van der Waals surface area contributed by atoms with Crippen LogP contribution in [0.25, 0.3) is 66.9 Å². The molecule has 104 heavy (non-hydrogen) atoms. The van der Waals surface area contributed by atoms with Crippen LogP contribution in [-0.4, -0.2) is 120 Å². The zero-order chi connectivity index (χ0) is 73.2. The van der Waals surface area contributed by atoms with E-state index in [9.17, 15) is 29.6 Å². The zero-order valence-corrected chi connectivity index (χ0v) is 61.3. The van der Waals surface area contributed by atoms with Crippen LogP contribution in [0.5, 0.6) is 17.2 Å². The fourth-order valence-electron chi connectivity index (χ4n) is 13.3. The van der Waals surface area contributed by atoms with Gasteiger partial charge in [0, 0.05) is 40.9 Å². The van der Waals surface area contributed by atoms with Crippen LogP contribution < -0.4 is 50.5 Å². The Hall–Kier alpha value is -10.8. The highest BCUT2D eigenvalue weighted by Gasteiger charge is 2.30. The predicted octanol–water partition coefficient (Wildman–Crippen LogP) is 13.0. The zero-order valence-electron chi connectivity index (χ0n) is 57.3. The lowest BCUT2D eigenvalue weighted by Gasteiger charge is -2.15. The van der Waals surface area contributed by atoms with E-state index in [1.54, 1.807) is 91.0 Å². The van der Waals surface area contributed by atoms with Crippen molar-refractivity contribution in [1.82, 2.24) is 59.2 Å². The highest BCUT2D eigenvalue weighted by atomic mass is 79.9. The number of ether oxygens (including phenoxy) is 3. The van der Waals surface area contributed by atoms with Crippen molar-refractivity contribution in [2.24, 2.45) is 0 Å². The second-order valence-corrected chi connectivity index (χ2v) is 31.4. The van der Waals surface area contributed by atoms with E-state index < -0.39 is 35.9 Å². The van der Waals surface area contributed by atoms with Crippen LogP contribution >= 0.6 is 15.9 Å². The summed E-state index contributed by atoms with van der Waals surface area (Å²) in [6, 6.07) is 33.8.